The lowest BCUT2D eigenvalue weighted by molar-refractivity contribution is -0.0721. The standard InChI is InChI=1S/C8H12NO/c1-5-2-8-4-6(9-5)3-7(1)10-8/h5-7,9H,1-4H2. The van der Waals surface area contributed by atoms with Crippen LogP contribution in [-0.4, -0.2) is 18.2 Å². The largest absolute Gasteiger partial charge is 0.369 e. The van der Waals surface area contributed by atoms with Crippen molar-refractivity contribution in [3.8, 4) is 0 Å². The maximum atomic E-state index is 5.70. The van der Waals surface area contributed by atoms with Gasteiger partial charge in [0.05, 0.1) is 6.10 Å². The van der Waals surface area contributed by atoms with E-state index in [2.05, 4.69) is 5.32 Å². The second-order valence-corrected chi connectivity index (χ2v) is 3.72. The van der Waals surface area contributed by atoms with Crippen molar-refractivity contribution in [1.82, 2.24) is 5.32 Å². The lowest BCUT2D eigenvalue weighted by Gasteiger charge is -2.49. The summed E-state index contributed by atoms with van der Waals surface area (Å²) in [4.78, 5) is 0. The minimum absolute atomic E-state index is 0.578. The molecule has 4 fully saturated rings. The van der Waals surface area contributed by atoms with Crippen LogP contribution in [0, 0.1) is 6.10 Å². The molecule has 1 radical (unpaired) electrons. The van der Waals surface area contributed by atoms with Gasteiger partial charge in [-0.3, -0.25) is 0 Å². The number of rotatable bonds is 0. The van der Waals surface area contributed by atoms with Crippen LogP contribution < -0.4 is 5.32 Å². The number of hydrogen-bond donors (Lipinski definition) is 1. The van der Waals surface area contributed by atoms with Crippen LogP contribution in [0.3, 0.4) is 0 Å². The number of hydrogen-bond acceptors (Lipinski definition) is 2. The van der Waals surface area contributed by atoms with Crippen LogP contribution in [0.1, 0.15) is 25.7 Å². The van der Waals surface area contributed by atoms with E-state index in [0.717, 1.165) is 12.1 Å². The molecule has 4 bridgehead atoms. The van der Waals surface area contributed by atoms with Crippen LogP contribution in [-0.2, 0) is 4.74 Å². The van der Waals surface area contributed by atoms with Crippen molar-refractivity contribution in [2.75, 3.05) is 0 Å². The van der Waals surface area contributed by atoms with Gasteiger partial charge in [0, 0.05) is 12.1 Å². The molecule has 0 amide bonds. The summed E-state index contributed by atoms with van der Waals surface area (Å²) in [5, 5.41) is 3.61. The average Bonchev–Trinajstić information content (AvgIpc) is 1.82. The van der Waals surface area contributed by atoms with E-state index < -0.39 is 0 Å². The summed E-state index contributed by atoms with van der Waals surface area (Å²) in [6.45, 7) is 0. The molecule has 0 aromatic rings. The van der Waals surface area contributed by atoms with Gasteiger partial charge in [-0.2, -0.15) is 0 Å². The minimum atomic E-state index is 0.578. The van der Waals surface area contributed by atoms with E-state index in [-0.39, 0.29) is 0 Å². The summed E-state index contributed by atoms with van der Waals surface area (Å²) in [5.41, 5.74) is 0. The predicted octanol–water partition coefficient (Wildman–Crippen LogP) is 0.832. The number of ether oxygens (including phenoxy) is 1. The highest BCUT2D eigenvalue weighted by Crippen LogP contribution is 2.40. The van der Waals surface area contributed by atoms with Crippen molar-refractivity contribution in [3.63, 3.8) is 0 Å². The fourth-order valence-corrected chi connectivity index (χ4v) is 2.55. The Morgan fingerprint density at radius 1 is 1.20 bits per heavy atom. The van der Waals surface area contributed by atoms with Crippen molar-refractivity contribution in [2.24, 2.45) is 0 Å². The van der Waals surface area contributed by atoms with Gasteiger partial charge in [-0.15, -0.1) is 0 Å². The van der Waals surface area contributed by atoms with Crippen LogP contribution in [0.5, 0.6) is 0 Å². The first-order valence-corrected chi connectivity index (χ1v) is 4.17. The Balaban J connectivity index is 1.90. The average molecular weight is 138 g/mol. The molecule has 10 heavy (non-hydrogen) atoms. The second kappa shape index (κ2) is 1.74. The van der Waals surface area contributed by atoms with Gasteiger partial charge in [0.15, 0.2) is 0 Å². The van der Waals surface area contributed by atoms with Crippen molar-refractivity contribution < 1.29 is 4.74 Å². The van der Waals surface area contributed by atoms with Gasteiger partial charge < -0.3 is 10.1 Å². The van der Waals surface area contributed by atoms with E-state index >= 15 is 0 Å². The van der Waals surface area contributed by atoms with Gasteiger partial charge in [-0.1, -0.05) is 0 Å². The molecule has 2 unspecified atom stereocenters. The summed E-state index contributed by atoms with van der Waals surface area (Å²) in [6, 6.07) is 1.53. The lowest BCUT2D eigenvalue weighted by Crippen LogP contribution is -2.57. The summed E-state index contributed by atoms with van der Waals surface area (Å²) in [7, 11) is 0. The first-order chi connectivity index (χ1) is 4.90. The normalized spacial score (nSPS) is 52.2. The van der Waals surface area contributed by atoms with Crippen LogP contribution in [0.25, 0.3) is 0 Å². The molecule has 0 spiro atoms. The third-order valence-electron chi connectivity index (χ3n) is 2.85. The van der Waals surface area contributed by atoms with Gasteiger partial charge in [-0.05, 0) is 25.7 Å². The fraction of sp³-hybridized carbons (Fsp3) is 0.875. The molecule has 1 N–H and O–H groups in total. The summed E-state index contributed by atoms with van der Waals surface area (Å²) >= 11 is 0. The fourth-order valence-electron chi connectivity index (χ4n) is 2.55. The van der Waals surface area contributed by atoms with Crippen molar-refractivity contribution >= 4 is 0 Å². The molecule has 4 aliphatic rings. The van der Waals surface area contributed by atoms with E-state index in [1.165, 1.54) is 31.8 Å². The Kier molecular flexibility index (Phi) is 0.968. The molecule has 2 heteroatoms. The predicted molar refractivity (Wildman–Crippen MR) is 37.3 cm³/mol. The van der Waals surface area contributed by atoms with E-state index in [9.17, 15) is 0 Å². The van der Waals surface area contributed by atoms with Crippen molar-refractivity contribution in [1.29, 1.82) is 0 Å². The molecule has 0 saturated carbocycles. The highest BCUT2D eigenvalue weighted by atomic mass is 16.5. The zero-order valence-electron chi connectivity index (χ0n) is 5.97. The van der Waals surface area contributed by atoms with Crippen molar-refractivity contribution in [2.45, 2.75) is 43.9 Å². The molecule has 0 aliphatic carbocycles. The van der Waals surface area contributed by atoms with Crippen LogP contribution >= 0.6 is 0 Å². The highest BCUT2D eigenvalue weighted by Gasteiger charge is 2.43. The van der Waals surface area contributed by atoms with Crippen LogP contribution in [0.15, 0.2) is 0 Å². The second-order valence-electron chi connectivity index (χ2n) is 3.72. The molecule has 55 valence electrons. The Bertz CT molecular complexity index is 101. The van der Waals surface area contributed by atoms with E-state index in [4.69, 9.17) is 4.74 Å². The summed E-state index contributed by atoms with van der Waals surface area (Å²) < 4.78 is 5.70. The Morgan fingerprint density at radius 2 is 1.90 bits per heavy atom. The maximum Gasteiger partial charge on any atom is 0.101 e. The SMILES string of the molecule is C1[C]2CC3CC(CC1N3)O2. The van der Waals surface area contributed by atoms with E-state index in [1.54, 1.807) is 0 Å². The Morgan fingerprint density at radius 3 is 2.40 bits per heavy atom. The Hall–Kier alpha value is -0.0800. The van der Waals surface area contributed by atoms with Crippen LogP contribution in [0.4, 0.5) is 0 Å². The molecule has 2 atom stereocenters. The summed E-state index contributed by atoms with van der Waals surface area (Å²) in [5.74, 6) is 0. The summed E-state index contributed by atoms with van der Waals surface area (Å²) in [6.07, 6.45) is 6.82. The van der Waals surface area contributed by atoms with Gasteiger partial charge in [0.2, 0.25) is 0 Å². The first kappa shape index (κ1) is 5.56. The first-order valence-electron chi connectivity index (χ1n) is 4.17. The minimum Gasteiger partial charge on any atom is -0.369 e. The molecule has 0 aromatic heterocycles. The van der Waals surface area contributed by atoms with Gasteiger partial charge in [0.1, 0.15) is 6.10 Å². The smallest absolute Gasteiger partial charge is 0.101 e. The molecule has 0 aromatic carbocycles. The zero-order valence-corrected chi connectivity index (χ0v) is 5.97. The molecular weight excluding hydrogens is 126 g/mol. The third kappa shape index (κ3) is 0.663. The zero-order chi connectivity index (χ0) is 6.55. The quantitative estimate of drug-likeness (QED) is 0.535. The van der Waals surface area contributed by atoms with Crippen molar-refractivity contribution in [3.05, 3.63) is 6.10 Å². The van der Waals surface area contributed by atoms with E-state index in [1.807, 2.05) is 0 Å². The van der Waals surface area contributed by atoms with Crippen LogP contribution in [0.2, 0.25) is 0 Å². The van der Waals surface area contributed by atoms with Gasteiger partial charge >= 0.3 is 0 Å². The lowest BCUT2D eigenvalue weighted by atomic mass is 9.80. The molecule has 2 nitrogen and oxygen atoms in total. The molecule has 4 aliphatic heterocycles. The molecule has 4 heterocycles. The van der Waals surface area contributed by atoms with E-state index in [0.29, 0.717) is 6.10 Å². The molecular formula is C8H12NO. The maximum absolute atomic E-state index is 5.70. The molecule has 4 saturated heterocycles. The van der Waals surface area contributed by atoms with Gasteiger partial charge in [-0.25, -0.2) is 0 Å². The number of piperidine rings is 2. The number of nitrogens with one attached hydrogen (secondary N) is 1. The topological polar surface area (TPSA) is 21.3 Å². The Labute approximate surface area is 60.9 Å². The third-order valence-corrected chi connectivity index (χ3v) is 2.85. The van der Waals surface area contributed by atoms with Gasteiger partial charge in [0.25, 0.3) is 0 Å². The monoisotopic (exact) mass is 138 g/mol. The highest BCUT2D eigenvalue weighted by molar-refractivity contribution is 5.06. The molecule has 4 rings (SSSR count).